The number of piperidine rings is 1. The molecule has 5 nitrogen and oxygen atoms in total. The maximum absolute atomic E-state index is 12.9. The molecule has 32 heavy (non-hydrogen) atoms. The van der Waals surface area contributed by atoms with Crippen LogP contribution in [-0.4, -0.2) is 42.9 Å². The van der Waals surface area contributed by atoms with Crippen LogP contribution in [-0.2, 0) is 17.6 Å². The fourth-order valence-electron chi connectivity index (χ4n) is 4.56. The molecule has 0 unspecified atom stereocenters. The van der Waals surface area contributed by atoms with Gasteiger partial charge in [-0.3, -0.25) is 9.59 Å². The van der Waals surface area contributed by atoms with E-state index >= 15 is 0 Å². The summed E-state index contributed by atoms with van der Waals surface area (Å²) in [5, 5.41) is 0. The topological polar surface area (TPSA) is 55.8 Å². The molecule has 2 aromatic rings. The molecule has 0 aromatic heterocycles. The number of ether oxygens (including phenoxy) is 2. The number of aryl methyl sites for hydroxylation is 1. The van der Waals surface area contributed by atoms with E-state index < -0.39 is 0 Å². The molecule has 0 spiro atoms. The van der Waals surface area contributed by atoms with Crippen LogP contribution < -0.4 is 9.47 Å². The van der Waals surface area contributed by atoms with Crippen LogP contribution in [0.25, 0.3) is 0 Å². The molecular weight excluding hydrogens is 402 g/mol. The highest BCUT2D eigenvalue weighted by Gasteiger charge is 2.28. The average Bonchev–Trinajstić information content (AvgIpc) is 2.82. The first-order valence-electron chi connectivity index (χ1n) is 11.8. The van der Waals surface area contributed by atoms with Crippen LogP contribution in [0, 0.1) is 11.8 Å². The smallest absolute Gasteiger partial charge is 0.222 e. The largest absolute Gasteiger partial charge is 0.486 e. The van der Waals surface area contributed by atoms with Crippen LogP contribution in [0.5, 0.6) is 11.5 Å². The second kappa shape index (κ2) is 10.2. The van der Waals surface area contributed by atoms with Crippen molar-refractivity contribution in [2.24, 2.45) is 11.8 Å². The number of rotatable bonds is 7. The van der Waals surface area contributed by atoms with E-state index in [-0.39, 0.29) is 17.6 Å². The van der Waals surface area contributed by atoms with Crippen molar-refractivity contribution in [2.75, 3.05) is 26.3 Å². The Morgan fingerprint density at radius 2 is 1.59 bits per heavy atom. The van der Waals surface area contributed by atoms with E-state index in [4.69, 9.17) is 9.47 Å². The highest BCUT2D eigenvalue weighted by molar-refractivity contribution is 5.98. The van der Waals surface area contributed by atoms with E-state index in [1.807, 2.05) is 35.2 Å². The number of ketones is 1. The average molecular weight is 436 g/mol. The lowest BCUT2D eigenvalue weighted by Crippen LogP contribution is -2.40. The van der Waals surface area contributed by atoms with Gasteiger partial charge in [-0.15, -0.1) is 0 Å². The van der Waals surface area contributed by atoms with Gasteiger partial charge in [-0.1, -0.05) is 44.2 Å². The van der Waals surface area contributed by atoms with Crippen molar-refractivity contribution < 1.29 is 19.1 Å². The molecule has 0 saturated carbocycles. The number of carbonyl (C=O) groups excluding carboxylic acids is 2. The Morgan fingerprint density at radius 3 is 2.28 bits per heavy atom. The lowest BCUT2D eigenvalue weighted by molar-refractivity contribution is -0.132. The molecule has 0 aliphatic carbocycles. The summed E-state index contributed by atoms with van der Waals surface area (Å²) >= 11 is 0. The summed E-state index contributed by atoms with van der Waals surface area (Å²) in [5.74, 6) is 2.51. The van der Waals surface area contributed by atoms with E-state index in [2.05, 4.69) is 26.0 Å². The molecule has 4 rings (SSSR count). The second-order valence-corrected chi connectivity index (χ2v) is 9.29. The minimum absolute atomic E-state index is 0.00722. The van der Waals surface area contributed by atoms with E-state index in [0.717, 1.165) is 41.9 Å². The fourth-order valence-corrected chi connectivity index (χ4v) is 4.56. The van der Waals surface area contributed by atoms with E-state index in [1.165, 1.54) is 5.56 Å². The highest BCUT2D eigenvalue weighted by atomic mass is 16.6. The summed E-state index contributed by atoms with van der Waals surface area (Å²) in [7, 11) is 0. The quantitative estimate of drug-likeness (QED) is 0.591. The summed E-state index contributed by atoms with van der Waals surface area (Å²) in [6.07, 6.45) is 3.65. The van der Waals surface area contributed by atoms with Gasteiger partial charge in [0.25, 0.3) is 0 Å². The number of fused-ring (bicyclic) bond motifs is 1. The Hall–Kier alpha value is -2.82. The molecule has 2 aromatic carbocycles. The molecule has 2 aliphatic heterocycles. The zero-order chi connectivity index (χ0) is 22.5. The molecule has 0 N–H and O–H groups in total. The zero-order valence-corrected chi connectivity index (χ0v) is 19.1. The maximum Gasteiger partial charge on any atom is 0.222 e. The summed E-state index contributed by atoms with van der Waals surface area (Å²) in [4.78, 5) is 27.5. The standard InChI is InChI=1S/C27H33NO4/c1-19(2)17-20-3-7-22(8-4-20)27(30)23-11-13-28(14-12-23)26(29)10-6-21-5-9-24-25(18-21)32-16-15-31-24/h3-5,7-9,18-19,23H,6,10-17H2,1-2H3. The van der Waals surface area contributed by atoms with E-state index in [9.17, 15) is 9.59 Å². The van der Waals surface area contributed by atoms with Gasteiger partial charge in [0.1, 0.15) is 13.2 Å². The van der Waals surface area contributed by atoms with Crippen molar-refractivity contribution in [3.63, 3.8) is 0 Å². The molecule has 0 atom stereocenters. The third-order valence-electron chi connectivity index (χ3n) is 6.33. The van der Waals surface area contributed by atoms with Gasteiger partial charge in [0, 0.05) is 31.0 Å². The second-order valence-electron chi connectivity index (χ2n) is 9.29. The first kappa shape index (κ1) is 22.4. The number of hydrogen-bond acceptors (Lipinski definition) is 4. The van der Waals surface area contributed by atoms with Crippen LogP contribution in [0.4, 0.5) is 0 Å². The van der Waals surface area contributed by atoms with Gasteiger partial charge in [0.05, 0.1) is 0 Å². The molecule has 1 amide bonds. The SMILES string of the molecule is CC(C)Cc1ccc(C(=O)C2CCN(C(=O)CCc3ccc4c(c3)OCCO4)CC2)cc1. The monoisotopic (exact) mass is 435 g/mol. The van der Waals surface area contributed by atoms with E-state index in [0.29, 0.717) is 45.1 Å². The van der Waals surface area contributed by atoms with Gasteiger partial charge in [-0.2, -0.15) is 0 Å². The van der Waals surface area contributed by atoms with Gasteiger partial charge >= 0.3 is 0 Å². The Morgan fingerprint density at radius 1 is 0.938 bits per heavy atom. The lowest BCUT2D eigenvalue weighted by Gasteiger charge is -2.31. The van der Waals surface area contributed by atoms with Gasteiger partial charge in [-0.25, -0.2) is 0 Å². The summed E-state index contributed by atoms with van der Waals surface area (Å²) in [6.45, 7) is 6.84. The Bertz CT molecular complexity index is 943. The summed E-state index contributed by atoms with van der Waals surface area (Å²) in [6, 6.07) is 14.0. The predicted octanol–water partition coefficient (Wildman–Crippen LogP) is 4.71. The van der Waals surface area contributed by atoms with Gasteiger partial charge < -0.3 is 14.4 Å². The number of hydrogen-bond donors (Lipinski definition) is 0. The van der Waals surface area contributed by atoms with Crippen LogP contribution in [0.1, 0.15) is 54.6 Å². The molecule has 1 saturated heterocycles. The zero-order valence-electron chi connectivity index (χ0n) is 19.1. The number of likely N-dealkylation sites (tertiary alicyclic amines) is 1. The van der Waals surface area contributed by atoms with Crippen molar-refractivity contribution >= 4 is 11.7 Å². The van der Waals surface area contributed by atoms with Crippen molar-refractivity contribution in [1.82, 2.24) is 4.90 Å². The van der Waals surface area contributed by atoms with Crippen LogP contribution >= 0.6 is 0 Å². The first-order chi connectivity index (χ1) is 15.5. The number of carbonyl (C=O) groups is 2. The number of amides is 1. The fraction of sp³-hybridized carbons (Fsp3) is 0.481. The van der Waals surface area contributed by atoms with Crippen molar-refractivity contribution in [1.29, 1.82) is 0 Å². The number of Topliss-reactive ketones (excluding diaryl/α,β-unsaturated/α-hetero) is 1. The summed E-state index contributed by atoms with van der Waals surface area (Å²) in [5.41, 5.74) is 3.14. The normalized spacial score (nSPS) is 16.3. The molecular formula is C27H33NO4. The molecule has 2 heterocycles. The Balaban J connectivity index is 1.25. The van der Waals surface area contributed by atoms with Crippen LogP contribution in [0.3, 0.4) is 0 Å². The van der Waals surface area contributed by atoms with E-state index in [1.54, 1.807) is 0 Å². The molecule has 1 fully saturated rings. The van der Waals surface area contributed by atoms with Crippen molar-refractivity contribution in [2.45, 2.75) is 46.0 Å². The van der Waals surface area contributed by atoms with Crippen molar-refractivity contribution in [3.8, 4) is 11.5 Å². The van der Waals surface area contributed by atoms with Gasteiger partial charge in [-0.05, 0) is 54.9 Å². The van der Waals surface area contributed by atoms with Gasteiger partial charge in [0.2, 0.25) is 5.91 Å². The number of nitrogens with zero attached hydrogens (tertiary/aromatic N) is 1. The van der Waals surface area contributed by atoms with Crippen LogP contribution in [0.2, 0.25) is 0 Å². The summed E-state index contributed by atoms with van der Waals surface area (Å²) < 4.78 is 11.2. The highest BCUT2D eigenvalue weighted by Crippen LogP contribution is 2.31. The maximum atomic E-state index is 12.9. The molecule has 5 heteroatoms. The Labute approximate surface area is 190 Å². The minimum atomic E-state index is 0.00722. The Kier molecular flexibility index (Phi) is 7.13. The third kappa shape index (κ3) is 5.50. The van der Waals surface area contributed by atoms with Crippen LogP contribution in [0.15, 0.2) is 42.5 Å². The molecule has 170 valence electrons. The molecule has 0 radical (unpaired) electrons. The molecule has 2 aliphatic rings. The third-order valence-corrected chi connectivity index (χ3v) is 6.33. The number of benzene rings is 2. The minimum Gasteiger partial charge on any atom is -0.486 e. The predicted molar refractivity (Wildman–Crippen MR) is 124 cm³/mol. The molecule has 0 bridgehead atoms. The lowest BCUT2D eigenvalue weighted by atomic mass is 9.88. The van der Waals surface area contributed by atoms with Gasteiger partial charge in [0.15, 0.2) is 17.3 Å². The van der Waals surface area contributed by atoms with Crippen molar-refractivity contribution in [3.05, 3.63) is 59.2 Å². The first-order valence-corrected chi connectivity index (χ1v) is 11.8.